The highest BCUT2D eigenvalue weighted by molar-refractivity contribution is 6.02. The minimum absolute atomic E-state index is 2.03. The third-order valence-corrected chi connectivity index (χ3v) is 1.98. The summed E-state index contributed by atoms with van der Waals surface area (Å²) < 4.78 is 0. The maximum absolute atomic E-state index is 10.5. The van der Waals surface area contributed by atoms with Gasteiger partial charge >= 0.3 is 17.9 Å². The summed E-state index contributed by atoms with van der Waals surface area (Å²) in [6, 6.07) is 0. The minimum atomic E-state index is -3.84. The lowest BCUT2D eigenvalue weighted by molar-refractivity contribution is -0.205. The molecule has 0 aromatic carbocycles. The van der Waals surface area contributed by atoms with E-state index in [0.717, 1.165) is 0 Å². The highest BCUT2D eigenvalue weighted by atomic mass is 16.5. The summed E-state index contributed by atoms with van der Waals surface area (Å²) in [4.78, 5) is 31.2. The standard InChI is InChI=1S/C7H10O10/c8-1(2(9)4(11)12)3(10)7(17,5(13)14)6(15)16/h1-3,8-10,17H,(H,11,12)(H,13,14)(H,15,16)/t1-,2+,3+/m1/s1. The minimum Gasteiger partial charge on any atom is -0.479 e. The Kier molecular flexibility index (Phi) is 4.53. The van der Waals surface area contributed by atoms with Crippen molar-refractivity contribution in [2.75, 3.05) is 0 Å². The van der Waals surface area contributed by atoms with Crippen LogP contribution in [0.3, 0.4) is 0 Å². The quantitative estimate of drug-likeness (QED) is 0.230. The summed E-state index contributed by atoms with van der Waals surface area (Å²) in [7, 11) is 0. The van der Waals surface area contributed by atoms with Crippen LogP contribution in [0.4, 0.5) is 0 Å². The number of carboxylic acids is 3. The number of carbonyl (C=O) groups is 3. The van der Waals surface area contributed by atoms with Gasteiger partial charge in [0.1, 0.15) is 12.2 Å². The van der Waals surface area contributed by atoms with E-state index < -0.39 is 41.8 Å². The number of carboxylic acid groups (broad SMARTS) is 3. The summed E-state index contributed by atoms with van der Waals surface area (Å²) in [5.41, 5.74) is -3.84. The number of rotatable bonds is 6. The summed E-state index contributed by atoms with van der Waals surface area (Å²) >= 11 is 0. The van der Waals surface area contributed by atoms with Crippen molar-refractivity contribution in [3.8, 4) is 0 Å². The molecule has 0 aliphatic carbocycles. The lowest BCUT2D eigenvalue weighted by atomic mass is 9.90. The van der Waals surface area contributed by atoms with Gasteiger partial charge in [-0.2, -0.15) is 0 Å². The van der Waals surface area contributed by atoms with Crippen molar-refractivity contribution in [2.45, 2.75) is 23.9 Å². The molecule has 0 aromatic rings. The second-order valence-corrected chi connectivity index (χ2v) is 3.10. The first kappa shape index (κ1) is 15.2. The van der Waals surface area contributed by atoms with Crippen molar-refractivity contribution >= 4 is 17.9 Å². The smallest absolute Gasteiger partial charge is 0.350 e. The average molecular weight is 254 g/mol. The second kappa shape index (κ2) is 5.05. The van der Waals surface area contributed by atoms with E-state index in [1.165, 1.54) is 0 Å². The molecule has 3 atom stereocenters. The van der Waals surface area contributed by atoms with E-state index in [4.69, 9.17) is 35.7 Å². The molecular formula is C7H10O10. The third kappa shape index (κ3) is 2.68. The summed E-state index contributed by atoms with van der Waals surface area (Å²) in [5, 5.41) is 61.1. The van der Waals surface area contributed by atoms with Crippen LogP contribution in [0.5, 0.6) is 0 Å². The Labute approximate surface area is 93.0 Å². The molecule has 17 heavy (non-hydrogen) atoms. The Bertz CT molecular complexity index is 322. The molecule has 0 aliphatic heterocycles. The van der Waals surface area contributed by atoms with Crippen molar-refractivity contribution < 1.29 is 50.1 Å². The first-order chi connectivity index (χ1) is 7.56. The molecule has 0 aliphatic rings. The van der Waals surface area contributed by atoms with Crippen molar-refractivity contribution in [3.63, 3.8) is 0 Å². The van der Waals surface area contributed by atoms with Crippen LogP contribution in [0.15, 0.2) is 0 Å². The van der Waals surface area contributed by atoms with E-state index >= 15 is 0 Å². The van der Waals surface area contributed by atoms with Gasteiger partial charge in [-0.1, -0.05) is 0 Å². The Morgan fingerprint density at radius 2 is 1.24 bits per heavy atom. The van der Waals surface area contributed by atoms with Gasteiger partial charge in [-0.3, -0.25) is 0 Å². The van der Waals surface area contributed by atoms with Crippen LogP contribution in [0.1, 0.15) is 0 Å². The van der Waals surface area contributed by atoms with Crippen LogP contribution in [0.25, 0.3) is 0 Å². The maximum Gasteiger partial charge on any atom is 0.350 e. The second-order valence-electron chi connectivity index (χ2n) is 3.10. The van der Waals surface area contributed by atoms with E-state index in [1.54, 1.807) is 0 Å². The molecule has 10 heteroatoms. The Hall–Kier alpha value is -1.75. The van der Waals surface area contributed by atoms with Crippen molar-refractivity contribution in [1.82, 2.24) is 0 Å². The van der Waals surface area contributed by atoms with Gasteiger partial charge in [0.2, 0.25) is 0 Å². The maximum atomic E-state index is 10.5. The number of hydrogen-bond donors (Lipinski definition) is 7. The zero-order valence-electron chi connectivity index (χ0n) is 8.09. The van der Waals surface area contributed by atoms with Crippen molar-refractivity contribution in [1.29, 1.82) is 0 Å². The van der Waals surface area contributed by atoms with Crippen molar-refractivity contribution in [3.05, 3.63) is 0 Å². The molecule has 98 valence electrons. The van der Waals surface area contributed by atoms with Gasteiger partial charge in [0.25, 0.3) is 5.60 Å². The molecule has 0 unspecified atom stereocenters. The molecule has 0 saturated heterocycles. The van der Waals surface area contributed by atoms with E-state index in [1.807, 2.05) is 0 Å². The van der Waals surface area contributed by atoms with Gasteiger partial charge in [0.15, 0.2) is 6.10 Å². The normalized spacial score (nSPS) is 16.9. The molecule has 0 heterocycles. The van der Waals surface area contributed by atoms with Crippen LogP contribution in [0, 0.1) is 0 Å². The molecule has 10 nitrogen and oxygen atoms in total. The zero-order chi connectivity index (χ0) is 14.0. The van der Waals surface area contributed by atoms with Crippen LogP contribution < -0.4 is 0 Å². The highest BCUT2D eigenvalue weighted by Crippen LogP contribution is 2.17. The fourth-order valence-corrected chi connectivity index (χ4v) is 0.910. The van der Waals surface area contributed by atoms with E-state index in [0.29, 0.717) is 0 Å². The molecule has 0 amide bonds. The largest absolute Gasteiger partial charge is 0.479 e. The average Bonchev–Trinajstić information content (AvgIpc) is 2.23. The van der Waals surface area contributed by atoms with E-state index in [9.17, 15) is 14.4 Å². The summed E-state index contributed by atoms with van der Waals surface area (Å²) in [6.07, 6.45) is -8.30. The Balaban J connectivity index is 5.25. The van der Waals surface area contributed by atoms with Crippen molar-refractivity contribution in [2.24, 2.45) is 0 Å². The molecule has 0 aromatic heterocycles. The van der Waals surface area contributed by atoms with Gasteiger partial charge < -0.3 is 35.7 Å². The number of aliphatic hydroxyl groups is 4. The molecular weight excluding hydrogens is 244 g/mol. The number of aliphatic carboxylic acids is 3. The first-order valence-corrected chi connectivity index (χ1v) is 4.03. The van der Waals surface area contributed by atoms with Gasteiger partial charge in [0.05, 0.1) is 0 Å². The van der Waals surface area contributed by atoms with Crippen LogP contribution in [0.2, 0.25) is 0 Å². The lowest BCUT2D eigenvalue weighted by Crippen LogP contribution is -2.62. The van der Waals surface area contributed by atoms with Gasteiger partial charge in [-0.25, -0.2) is 14.4 Å². The predicted octanol–water partition coefficient (Wildman–Crippen LogP) is -3.95. The molecule has 0 rings (SSSR count). The van der Waals surface area contributed by atoms with E-state index in [2.05, 4.69) is 0 Å². The molecule has 0 spiro atoms. The lowest BCUT2D eigenvalue weighted by Gasteiger charge is -2.29. The Morgan fingerprint density at radius 3 is 1.47 bits per heavy atom. The first-order valence-electron chi connectivity index (χ1n) is 4.03. The monoisotopic (exact) mass is 254 g/mol. The van der Waals surface area contributed by atoms with Crippen LogP contribution in [-0.4, -0.2) is 77.6 Å². The van der Waals surface area contributed by atoms with E-state index in [-0.39, 0.29) is 0 Å². The predicted molar refractivity (Wildman–Crippen MR) is 45.9 cm³/mol. The SMILES string of the molecule is O=C(O)[C@@H](O)[C@@H](O)[C@H](O)C(O)(C(=O)O)C(=O)O. The molecule has 0 bridgehead atoms. The number of aliphatic hydroxyl groups excluding tert-OH is 3. The molecule has 0 saturated carbocycles. The molecule has 0 radical (unpaired) electrons. The summed E-state index contributed by atoms with van der Waals surface area (Å²) in [6.45, 7) is 0. The third-order valence-electron chi connectivity index (χ3n) is 1.98. The van der Waals surface area contributed by atoms with Crippen LogP contribution >= 0.6 is 0 Å². The summed E-state index contributed by atoms with van der Waals surface area (Å²) in [5.74, 6) is -6.88. The molecule has 0 fully saturated rings. The van der Waals surface area contributed by atoms with Gasteiger partial charge in [-0.05, 0) is 0 Å². The van der Waals surface area contributed by atoms with Gasteiger partial charge in [-0.15, -0.1) is 0 Å². The van der Waals surface area contributed by atoms with Crippen LogP contribution in [-0.2, 0) is 14.4 Å². The Morgan fingerprint density at radius 1 is 0.882 bits per heavy atom. The van der Waals surface area contributed by atoms with Gasteiger partial charge in [0, 0.05) is 0 Å². The fourth-order valence-electron chi connectivity index (χ4n) is 0.910. The number of hydrogen-bond acceptors (Lipinski definition) is 7. The zero-order valence-corrected chi connectivity index (χ0v) is 8.09. The molecule has 7 N–H and O–H groups in total. The highest BCUT2D eigenvalue weighted by Gasteiger charge is 2.56. The topological polar surface area (TPSA) is 193 Å². The fraction of sp³-hybridized carbons (Fsp3) is 0.571.